The van der Waals surface area contributed by atoms with Crippen LogP contribution in [0.1, 0.15) is 22.0 Å². The van der Waals surface area contributed by atoms with Crippen LogP contribution in [0.5, 0.6) is 0 Å². The molecule has 0 aliphatic heterocycles. The van der Waals surface area contributed by atoms with Crippen molar-refractivity contribution in [3.63, 3.8) is 0 Å². The highest BCUT2D eigenvalue weighted by Gasteiger charge is 2.15. The number of hydrazine groups is 1. The van der Waals surface area contributed by atoms with Gasteiger partial charge in [0.15, 0.2) is 5.76 Å². The number of nitrogens with one attached hydrogen (secondary N) is 1. The van der Waals surface area contributed by atoms with Gasteiger partial charge in [-0.05, 0) is 6.07 Å². The fourth-order valence-electron chi connectivity index (χ4n) is 1.19. The summed E-state index contributed by atoms with van der Waals surface area (Å²) in [4.78, 5) is 11.3. The molecular formula is C9H10N4O3S. The SMILES string of the molecule is Cc1nnc(SCc2ccoc2C(=O)NN)o1. The van der Waals surface area contributed by atoms with Gasteiger partial charge >= 0.3 is 5.91 Å². The predicted octanol–water partition coefficient (Wildman–Crippen LogP) is 0.867. The molecule has 2 aromatic heterocycles. The molecule has 0 aromatic carbocycles. The number of carbonyl (C=O) groups is 1. The summed E-state index contributed by atoms with van der Waals surface area (Å²) in [6.07, 6.45) is 1.43. The summed E-state index contributed by atoms with van der Waals surface area (Å²) in [6, 6.07) is 1.70. The van der Waals surface area contributed by atoms with E-state index >= 15 is 0 Å². The molecule has 0 spiro atoms. The number of nitrogen functional groups attached to an aromatic ring is 1. The molecule has 2 heterocycles. The van der Waals surface area contributed by atoms with Crippen molar-refractivity contribution in [3.8, 4) is 0 Å². The predicted molar refractivity (Wildman–Crippen MR) is 59.0 cm³/mol. The first-order valence-corrected chi connectivity index (χ1v) is 5.69. The number of aromatic nitrogens is 2. The molecular weight excluding hydrogens is 244 g/mol. The monoisotopic (exact) mass is 254 g/mol. The summed E-state index contributed by atoms with van der Waals surface area (Å²) in [5.41, 5.74) is 2.73. The van der Waals surface area contributed by atoms with Gasteiger partial charge in [0.05, 0.1) is 6.26 Å². The van der Waals surface area contributed by atoms with Gasteiger partial charge in [0.25, 0.3) is 5.22 Å². The number of carbonyl (C=O) groups excluding carboxylic acids is 1. The molecule has 1 amide bonds. The summed E-state index contributed by atoms with van der Waals surface area (Å²) in [7, 11) is 0. The van der Waals surface area contributed by atoms with Gasteiger partial charge in [0.1, 0.15) is 0 Å². The number of nitrogens with two attached hydrogens (primary N) is 1. The lowest BCUT2D eigenvalue weighted by molar-refractivity contribution is 0.0925. The summed E-state index contributed by atoms with van der Waals surface area (Å²) in [5.74, 6) is 5.75. The van der Waals surface area contributed by atoms with E-state index < -0.39 is 5.91 Å². The first-order chi connectivity index (χ1) is 8.20. The molecule has 7 nitrogen and oxygen atoms in total. The standard InChI is InChI=1S/C9H10N4O3S/c1-5-12-13-9(16-5)17-4-6-2-3-15-7(6)8(14)11-10/h2-3H,4,10H2,1H3,(H,11,14). The Bertz CT molecular complexity index is 522. The van der Waals surface area contributed by atoms with Crippen LogP contribution in [0.2, 0.25) is 0 Å². The Morgan fingerprint density at radius 2 is 2.41 bits per heavy atom. The minimum Gasteiger partial charge on any atom is -0.459 e. The number of rotatable bonds is 4. The number of furan rings is 1. The normalized spacial score (nSPS) is 10.5. The third kappa shape index (κ3) is 2.66. The molecule has 17 heavy (non-hydrogen) atoms. The largest absolute Gasteiger partial charge is 0.459 e. The maximum absolute atomic E-state index is 11.3. The first kappa shape index (κ1) is 11.7. The van der Waals surface area contributed by atoms with Crippen molar-refractivity contribution < 1.29 is 13.6 Å². The zero-order valence-electron chi connectivity index (χ0n) is 8.97. The van der Waals surface area contributed by atoms with Gasteiger partial charge in [-0.3, -0.25) is 10.2 Å². The zero-order chi connectivity index (χ0) is 12.3. The summed E-state index contributed by atoms with van der Waals surface area (Å²) in [5, 5.41) is 7.98. The van der Waals surface area contributed by atoms with E-state index in [9.17, 15) is 4.79 Å². The lowest BCUT2D eigenvalue weighted by atomic mass is 10.3. The summed E-state index contributed by atoms with van der Waals surface area (Å²) >= 11 is 1.32. The maximum Gasteiger partial charge on any atom is 0.301 e. The van der Waals surface area contributed by atoms with E-state index in [1.165, 1.54) is 18.0 Å². The van der Waals surface area contributed by atoms with Crippen LogP contribution in [0.3, 0.4) is 0 Å². The molecule has 0 saturated heterocycles. The molecule has 0 aliphatic carbocycles. The van der Waals surface area contributed by atoms with Gasteiger partial charge in [-0.2, -0.15) is 0 Å². The van der Waals surface area contributed by atoms with E-state index in [1.807, 2.05) is 5.43 Å². The fraction of sp³-hybridized carbons (Fsp3) is 0.222. The van der Waals surface area contributed by atoms with E-state index in [0.29, 0.717) is 22.4 Å². The zero-order valence-corrected chi connectivity index (χ0v) is 9.78. The average Bonchev–Trinajstić information content (AvgIpc) is 2.94. The van der Waals surface area contributed by atoms with Crippen molar-refractivity contribution in [3.05, 3.63) is 29.5 Å². The van der Waals surface area contributed by atoms with Crippen molar-refractivity contribution in [1.82, 2.24) is 15.6 Å². The molecule has 0 fully saturated rings. The van der Waals surface area contributed by atoms with Crippen LogP contribution in [0, 0.1) is 6.92 Å². The Morgan fingerprint density at radius 3 is 3.06 bits per heavy atom. The number of hydrogen-bond donors (Lipinski definition) is 2. The number of amides is 1. The molecule has 90 valence electrons. The Kier molecular flexibility index (Phi) is 3.45. The van der Waals surface area contributed by atoms with Crippen molar-refractivity contribution in [2.45, 2.75) is 17.9 Å². The van der Waals surface area contributed by atoms with Gasteiger partial charge in [0, 0.05) is 18.2 Å². The summed E-state index contributed by atoms with van der Waals surface area (Å²) < 4.78 is 10.2. The van der Waals surface area contributed by atoms with Crippen molar-refractivity contribution in [2.75, 3.05) is 0 Å². The van der Waals surface area contributed by atoms with Gasteiger partial charge in [-0.15, -0.1) is 10.2 Å². The van der Waals surface area contributed by atoms with E-state index in [1.54, 1.807) is 13.0 Å². The maximum atomic E-state index is 11.3. The van der Waals surface area contributed by atoms with E-state index in [4.69, 9.17) is 14.7 Å². The van der Waals surface area contributed by atoms with Gasteiger partial charge in [-0.25, -0.2) is 5.84 Å². The lowest BCUT2D eigenvalue weighted by Gasteiger charge is -1.98. The topological polar surface area (TPSA) is 107 Å². The molecule has 0 aliphatic rings. The van der Waals surface area contributed by atoms with Crippen LogP contribution >= 0.6 is 11.8 Å². The van der Waals surface area contributed by atoms with Crippen LogP contribution < -0.4 is 11.3 Å². The third-order valence-electron chi connectivity index (χ3n) is 1.94. The van der Waals surface area contributed by atoms with Crippen LogP contribution in [-0.4, -0.2) is 16.1 Å². The van der Waals surface area contributed by atoms with Gasteiger partial charge in [-0.1, -0.05) is 11.8 Å². The van der Waals surface area contributed by atoms with Crippen molar-refractivity contribution >= 4 is 17.7 Å². The minimum atomic E-state index is -0.465. The molecule has 0 bridgehead atoms. The minimum absolute atomic E-state index is 0.191. The second-order valence-electron chi connectivity index (χ2n) is 3.12. The lowest BCUT2D eigenvalue weighted by Crippen LogP contribution is -2.30. The highest BCUT2D eigenvalue weighted by atomic mass is 32.2. The van der Waals surface area contributed by atoms with Crippen LogP contribution in [-0.2, 0) is 5.75 Å². The molecule has 2 aromatic rings. The number of hydrogen-bond acceptors (Lipinski definition) is 7. The Balaban J connectivity index is 2.04. The molecule has 8 heteroatoms. The highest BCUT2D eigenvalue weighted by molar-refractivity contribution is 7.98. The molecule has 0 unspecified atom stereocenters. The molecule has 2 rings (SSSR count). The van der Waals surface area contributed by atoms with Gasteiger partial charge < -0.3 is 8.83 Å². The van der Waals surface area contributed by atoms with Crippen LogP contribution in [0.4, 0.5) is 0 Å². The van der Waals surface area contributed by atoms with Crippen LogP contribution in [0.25, 0.3) is 0 Å². The Morgan fingerprint density at radius 1 is 1.59 bits per heavy atom. The van der Waals surface area contributed by atoms with E-state index in [2.05, 4.69) is 10.2 Å². The second-order valence-corrected chi connectivity index (χ2v) is 4.05. The first-order valence-electron chi connectivity index (χ1n) is 4.71. The summed E-state index contributed by atoms with van der Waals surface area (Å²) in [6.45, 7) is 1.71. The number of aryl methyl sites for hydroxylation is 1. The smallest absolute Gasteiger partial charge is 0.301 e. The Hall–Kier alpha value is -1.80. The van der Waals surface area contributed by atoms with E-state index in [0.717, 1.165) is 0 Å². The fourth-order valence-corrected chi connectivity index (χ4v) is 1.97. The molecule has 0 saturated carbocycles. The Labute approximate surface area is 101 Å². The molecule has 3 N–H and O–H groups in total. The molecule has 0 radical (unpaired) electrons. The molecule has 0 atom stereocenters. The average molecular weight is 254 g/mol. The third-order valence-corrected chi connectivity index (χ3v) is 2.81. The van der Waals surface area contributed by atoms with Crippen molar-refractivity contribution in [1.29, 1.82) is 0 Å². The quantitative estimate of drug-likeness (QED) is 0.360. The number of nitrogens with zero attached hydrogens (tertiary/aromatic N) is 2. The van der Waals surface area contributed by atoms with E-state index in [-0.39, 0.29) is 5.76 Å². The number of thioether (sulfide) groups is 1. The highest BCUT2D eigenvalue weighted by Crippen LogP contribution is 2.23. The van der Waals surface area contributed by atoms with Crippen LogP contribution in [0.15, 0.2) is 26.4 Å². The van der Waals surface area contributed by atoms with Gasteiger partial charge in [0.2, 0.25) is 5.89 Å². The van der Waals surface area contributed by atoms with Crippen molar-refractivity contribution in [2.24, 2.45) is 5.84 Å². The second kappa shape index (κ2) is 5.02.